The number of fused-ring (bicyclic) bond motifs is 1. The van der Waals surface area contributed by atoms with E-state index < -0.39 is 0 Å². The van der Waals surface area contributed by atoms with Crippen molar-refractivity contribution < 1.29 is 9.53 Å². The van der Waals surface area contributed by atoms with E-state index in [2.05, 4.69) is 20.9 Å². The SMILES string of the molecule is COc1ccc2nc(SCC(=O)N3CCN(Cc4ccc(Cl)s4)CC3)[nH]c2c1. The molecule has 148 valence electrons. The number of H-pyrrole nitrogens is 1. The van der Waals surface area contributed by atoms with E-state index in [1.807, 2.05) is 29.2 Å². The van der Waals surface area contributed by atoms with Crippen LogP contribution in [0.25, 0.3) is 11.0 Å². The molecule has 0 radical (unpaired) electrons. The molecule has 6 nitrogen and oxygen atoms in total. The fourth-order valence-electron chi connectivity index (χ4n) is 3.19. The summed E-state index contributed by atoms with van der Waals surface area (Å²) in [4.78, 5) is 25.9. The number of amides is 1. The van der Waals surface area contributed by atoms with Gasteiger partial charge in [0, 0.05) is 43.7 Å². The third-order valence-corrected chi connectivity index (χ3v) is 6.81. The van der Waals surface area contributed by atoms with Crippen molar-refractivity contribution >= 4 is 51.6 Å². The van der Waals surface area contributed by atoms with Crippen LogP contribution in [0.5, 0.6) is 5.75 Å². The van der Waals surface area contributed by atoms with E-state index in [9.17, 15) is 4.79 Å². The topological polar surface area (TPSA) is 61.5 Å². The summed E-state index contributed by atoms with van der Waals surface area (Å²) in [6, 6.07) is 9.72. The fraction of sp³-hybridized carbons (Fsp3) is 0.368. The number of benzene rings is 1. The zero-order valence-electron chi connectivity index (χ0n) is 15.5. The van der Waals surface area contributed by atoms with Crippen LogP contribution in [0, 0.1) is 0 Å². The first kappa shape index (κ1) is 19.6. The second-order valence-electron chi connectivity index (χ2n) is 6.58. The fourth-order valence-corrected chi connectivity index (χ4v) is 5.11. The van der Waals surface area contributed by atoms with E-state index in [0.29, 0.717) is 5.75 Å². The highest BCUT2D eigenvalue weighted by atomic mass is 35.5. The van der Waals surface area contributed by atoms with Gasteiger partial charge in [0.2, 0.25) is 5.91 Å². The Balaban J connectivity index is 1.26. The highest BCUT2D eigenvalue weighted by Crippen LogP contribution is 2.24. The molecule has 28 heavy (non-hydrogen) atoms. The van der Waals surface area contributed by atoms with Gasteiger partial charge in [-0.15, -0.1) is 11.3 Å². The number of aromatic amines is 1. The van der Waals surface area contributed by atoms with Crippen molar-refractivity contribution in [2.24, 2.45) is 0 Å². The normalized spacial score (nSPS) is 15.3. The number of carbonyl (C=O) groups excluding carboxylic acids is 1. The standard InChI is InChI=1S/C19H21ClN4O2S2/c1-26-13-2-4-15-16(10-13)22-19(21-15)27-12-18(25)24-8-6-23(7-9-24)11-14-3-5-17(20)28-14/h2-5,10H,6-9,11-12H2,1H3,(H,21,22). The Bertz CT molecular complexity index is 966. The molecule has 2 aromatic heterocycles. The molecule has 1 aliphatic rings. The summed E-state index contributed by atoms with van der Waals surface area (Å²) in [5, 5.41) is 0.754. The second-order valence-corrected chi connectivity index (χ2v) is 9.34. The minimum absolute atomic E-state index is 0.154. The number of thiophene rings is 1. The van der Waals surface area contributed by atoms with Crippen molar-refractivity contribution in [3.63, 3.8) is 0 Å². The predicted molar refractivity (Wildman–Crippen MR) is 115 cm³/mol. The van der Waals surface area contributed by atoms with Crippen molar-refractivity contribution in [3.05, 3.63) is 39.5 Å². The molecule has 1 amide bonds. The number of rotatable bonds is 6. The average molecular weight is 437 g/mol. The molecule has 9 heteroatoms. The third kappa shape index (κ3) is 4.63. The molecule has 0 aliphatic carbocycles. The average Bonchev–Trinajstić information content (AvgIpc) is 3.31. The van der Waals surface area contributed by atoms with Crippen LogP contribution < -0.4 is 4.74 Å². The number of thioether (sulfide) groups is 1. The van der Waals surface area contributed by atoms with Gasteiger partial charge in [-0.1, -0.05) is 23.4 Å². The lowest BCUT2D eigenvalue weighted by Gasteiger charge is -2.34. The molecule has 3 heterocycles. The summed E-state index contributed by atoms with van der Waals surface area (Å²) in [6.45, 7) is 4.19. The highest BCUT2D eigenvalue weighted by Gasteiger charge is 2.21. The molecule has 1 aromatic carbocycles. The summed E-state index contributed by atoms with van der Waals surface area (Å²) in [5.41, 5.74) is 1.79. The van der Waals surface area contributed by atoms with Crippen LogP contribution in [0.1, 0.15) is 4.88 Å². The molecule has 0 bridgehead atoms. The quantitative estimate of drug-likeness (QED) is 0.596. The van der Waals surface area contributed by atoms with Gasteiger partial charge in [0.25, 0.3) is 0 Å². The first-order valence-electron chi connectivity index (χ1n) is 9.01. The molecular formula is C19H21ClN4O2S2. The number of nitrogens with one attached hydrogen (secondary N) is 1. The minimum Gasteiger partial charge on any atom is -0.497 e. The maximum Gasteiger partial charge on any atom is 0.233 e. The van der Waals surface area contributed by atoms with Gasteiger partial charge >= 0.3 is 0 Å². The predicted octanol–water partition coefficient (Wildman–Crippen LogP) is 3.72. The summed E-state index contributed by atoms with van der Waals surface area (Å²) >= 11 is 9.06. The maximum absolute atomic E-state index is 12.6. The monoisotopic (exact) mass is 436 g/mol. The smallest absolute Gasteiger partial charge is 0.233 e. The number of piperazine rings is 1. The van der Waals surface area contributed by atoms with Crippen LogP contribution in [-0.2, 0) is 11.3 Å². The van der Waals surface area contributed by atoms with Crippen LogP contribution in [0.2, 0.25) is 4.34 Å². The molecule has 4 rings (SSSR count). The molecule has 1 aliphatic heterocycles. The number of aromatic nitrogens is 2. The van der Waals surface area contributed by atoms with Gasteiger partial charge in [0.1, 0.15) is 5.75 Å². The number of carbonyl (C=O) groups is 1. The number of halogens is 1. The molecule has 3 aromatic rings. The first-order valence-corrected chi connectivity index (χ1v) is 11.2. The molecule has 0 spiro atoms. The third-order valence-electron chi connectivity index (χ3n) is 4.73. The van der Waals surface area contributed by atoms with E-state index in [1.54, 1.807) is 18.4 Å². The van der Waals surface area contributed by atoms with Gasteiger partial charge in [-0.3, -0.25) is 9.69 Å². The van der Waals surface area contributed by atoms with Gasteiger partial charge in [0.15, 0.2) is 5.16 Å². The van der Waals surface area contributed by atoms with Crippen LogP contribution in [0.3, 0.4) is 0 Å². The maximum atomic E-state index is 12.6. The summed E-state index contributed by atoms with van der Waals surface area (Å²) in [7, 11) is 1.64. The zero-order valence-corrected chi connectivity index (χ0v) is 17.9. The Hall–Kier alpha value is -1.74. The molecule has 0 saturated carbocycles. The molecule has 0 unspecified atom stereocenters. The lowest BCUT2D eigenvalue weighted by atomic mass is 10.3. The van der Waals surface area contributed by atoms with Crippen molar-refractivity contribution in [2.75, 3.05) is 39.0 Å². The number of hydrogen-bond acceptors (Lipinski definition) is 6. The summed E-state index contributed by atoms with van der Waals surface area (Å²) in [6.07, 6.45) is 0. The molecule has 1 fully saturated rings. The Morgan fingerprint density at radius 2 is 2.11 bits per heavy atom. The minimum atomic E-state index is 0.154. The van der Waals surface area contributed by atoms with Gasteiger partial charge in [-0.05, 0) is 24.3 Å². The number of imidazole rings is 1. The van der Waals surface area contributed by atoms with Crippen molar-refractivity contribution in [2.45, 2.75) is 11.7 Å². The van der Waals surface area contributed by atoms with Gasteiger partial charge in [-0.25, -0.2) is 4.98 Å². The Morgan fingerprint density at radius 1 is 1.29 bits per heavy atom. The van der Waals surface area contributed by atoms with Gasteiger partial charge in [-0.2, -0.15) is 0 Å². The Labute approximate surface area is 176 Å². The van der Waals surface area contributed by atoms with Crippen molar-refractivity contribution in [3.8, 4) is 5.75 Å². The van der Waals surface area contributed by atoms with Crippen molar-refractivity contribution in [1.82, 2.24) is 19.8 Å². The molecule has 0 atom stereocenters. The van der Waals surface area contributed by atoms with Gasteiger partial charge < -0.3 is 14.6 Å². The van der Waals surface area contributed by atoms with Crippen LogP contribution in [-0.4, -0.2) is 64.7 Å². The first-order chi connectivity index (χ1) is 13.6. The largest absolute Gasteiger partial charge is 0.497 e. The lowest BCUT2D eigenvalue weighted by Crippen LogP contribution is -2.48. The van der Waals surface area contributed by atoms with Crippen molar-refractivity contribution in [1.29, 1.82) is 0 Å². The highest BCUT2D eigenvalue weighted by molar-refractivity contribution is 7.99. The summed E-state index contributed by atoms with van der Waals surface area (Å²) < 4.78 is 6.06. The Morgan fingerprint density at radius 3 is 2.82 bits per heavy atom. The van der Waals surface area contributed by atoms with E-state index in [0.717, 1.165) is 59.0 Å². The van der Waals surface area contributed by atoms with Crippen LogP contribution in [0.4, 0.5) is 0 Å². The zero-order chi connectivity index (χ0) is 19.5. The van der Waals surface area contributed by atoms with Crippen LogP contribution >= 0.6 is 34.7 Å². The lowest BCUT2D eigenvalue weighted by molar-refractivity contribution is -0.130. The van der Waals surface area contributed by atoms with E-state index in [4.69, 9.17) is 16.3 Å². The van der Waals surface area contributed by atoms with Crippen LogP contribution in [0.15, 0.2) is 35.5 Å². The van der Waals surface area contributed by atoms with E-state index in [1.165, 1.54) is 16.6 Å². The van der Waals surface area contributed by atoms with E-state index in [-0.39, 0.29) is 5.91 Å². The number of nitrogens with zero attached hydrogens (tertiary/aromatic N) is 3. The number of ether oxygens (including phenoxy) is 1. The number of hydrogen-bond donors (Lipinski definition) is 1. The van der Waals surface area contributed by atoms with Gasteiger partial charge in [0.05, 0.1) is 28.2 Å². The second kappa shape index (κ2) is 8.73. The summed E-state index contributed by atoms with van der Waals surface area (Å²) in [5.74, 6) is 1.32. The molecule has 1 N–H and O–H groups in total. The van der Waals surface area contributed by atoms with E-state index >= 15 is 0 Å². The molecule has 1 saturated heterocycles. The Kier molecular flexibility index (Phi) is 6.10. The molecular weight excluding hydrogens is 416 g/mol. The number of methoxy groups -OCH3 is 1.